The van der Waals surface area contributed by atoms with Crippen LogP contribution < -0.4 is 0 Å². The molecule has 1 aliphatic heterocycles. The van der Waals surface area contributed by atoms with Gasteiger partial charge in [0.1, 0.15) is 0 Å². The van der Waals surface area contributed by atoms with Gasteiger partial charge in [0.2, 0.25) is 0 Å². The van der Waals surface area contributed by atoms with Gasteiger partial charge in [-0.2, -0.15) is 0 Å². The molecular formula is C10H20FN. The lowest BCUT2D eigenvalue weighted by molar-refractivity contribution is 0.216. The van der Waals surface area contributed by atoms with E-state index in [0.717, 1.165) is 26.1 Å². The summed E-state index contributed by atoms with van der Waals surface area (Å²) in [4.78, 5) is 2.38. The van der Waals surface area contributed by atoms with E-state index < -0.39 is 0 Å². The molecule has 0 saturated carbocycles. The molecule has 1 nitrogen and oxygen atoms in total. The Morgan fingerprint density at radius 1 is 1.42 bits per heavy atom. The summed E-state index contributed by atoms with van der Waals surface area (Å²) in [5, 5.41) is 0. The van der Waals surface area contributed by atoms with Crippen LogP contribution in [0.25, 0.3) is 0 Å². The number of rotatable bonds is 2. The van der Waals surface area contributed by atoms with Crippen LogP contribution in [-0.4, -0.2) is 31.2 Å². The third-order valence-electron chi connectivity index (χ3n) is 2.29. The van der Waals surface area contributed by atoms with Gasteiger partial charge in [0.05, 0.1) is 6.67 Å². The summed E-state index contributed by atoms with van der Waals surface area (Å²) >= 11 is 0. The molecule has 1 heterocycles. The number of halogens is 1. The zero-order chi connectivity index (χ0) is 9.19. The Hall–Kier alpha value is -0.110. The Labute approximate surface area is 74.9 Å². The van der Waals surface area contributed by atoms with Crippen LogP contribution in [0.5, 0.6) is 0 Å². The fourth-order valence-electron chi connectivity index (χ4n) is 1.85. The third-order valence-corrected chi connectivity index (χ3v) is 2.29. The van der Waals surface area contributed by atoms with E-state index in [9.17, 15) is 4.39 Å². The summed E-state index contributed by atoms with van der Waals surface area (Å²) in [6.07, 6.45) is 1.05. The van der Waals surface area contributed by atoms with Crippen LogP contribution in [0, 0.1) is 11.3 Å². The van der Waals surface area contributed by atoms with Gasteiger partial charge in [-0.15, -0.1) is 0 Å². The zero-order valence-electron chi connectivity index (χ0n) is 8.44. The van der Waals surface area contributed by atoms with Crippen LogP contribution in [0.15, 0.2) is 0 Å². The molecule has 0 aliphatic carbocycles. The second-order valence-corrected chi connectivity index (χ2v) is 5.10. The second kappa shape index (κ2) is 3.73. The summed E-state index contributed by atoms with van der Waals surface area (Å²) in [5.74, 6) is 0.312. The highest BCUT2D eigenvalue weighted by Crippen LogP contribution is 2.22. The topological polar surface area (TPSA) is 3.24 Å². The number of hydrogen-bond acceptors (Lipinski definition) is 1. The molecular weight excluding hydrogens is 153 g/mol. The fourth-order valence-corrected chi connectivity index (χ4v) is 1.85. The Balaban J connectivity index is 2.28. The summed E-state index contributed by atoms with van der Waals surface area (Å²) in [6, 6.07) is 0. The van der Waals surface area contributed by atoms with E-state index in [0.29, 0.717) is 11.3 Å². The van der Waals surface area contributed by atoms with Crippen molar-refractivity contribution in [1.82, 2.24) is 4.90 Å². The summed E-state index contributed by atoms with van der Waals surface area (Å²) in [7, 11) is 0. The summed E-state index contributed by atoms with van der Waals surface area (Å²) in [6.45, 7) is 9.71. The van der Waals surface area contributed by atoms with Crippen molar-refractivity contribution in [2.45, 2.75) is 27.2 Å². The van der Waals surface area contributed by atoms with Crippen LogP contribution in [-0.2, 0) is 0 Å². The first-order valence-corrected chi connectivity index (χ1v) is 4.79. The van der Waals surface area contributed by atoms with Crippen molar-refractivity contribution < 1.29 is 4.39 Å². The lowest BCUT2D eigenvalue weighted by Gasteiger charge is -2.26. The van der Waals surface area contributed by atoms with E-state index in [2.05, 4.69) is 25.7 Å². The molecule has 0 spiro atoms. The number of alkyl halides is 1. The first kappa shape index (κ1) is 9.97. The average Bonchev–Trinajstić information content (AvgIpc) is 2.32. The molecule has 0 bridgehead atoms. The average molecular weight is 173 g/mol. The van der Waals surface area contributed by atoms with Gasteiger partial charge in [-0.05, 0) is 18.4 Å². The predicted molar refractivity (Wildman–Crippen MR) is 50.0 cm³/mol. The lowest BCUT2D eigenvalue weighted by Crippen LogP contribution is -2.30. The monoisotopic (exact) mass is 173 g/mol. The quantitative estimate of drug-likeness (QED) is 0.619. The molecule has 1 saturated heterocycles. The van der Waals surface area contributed by atoms with E-state index in [-0.39, 0.29) is 6.67 Å². The SMILES string of the molecule is CC(C)(C)CN1CCC(CF)C1. The Bertz CT molecular complexity index is 139. The molecule has 1 rings (SSSR count). The van der Waals surface area contributed by atoms with E-state index in [1.165, 1.54) is 0 Å². The molecule has 1 atom stereocenters. The Morgan fingerprint density at radius 3 is 2.50 bits per heavy atom. The minimum absolute atomic E-state index is 0.138. The fraction of sp³-hybridized carbons (Fsp3) is 1.00. The summed E-state index contributed by atoms with van der Waals surface area (Å²) in [5.41, 5.74) is 0.352. The zero-order valence-corrected chi connectivity index (χ0v) is 8.44. The highest BCUT2D eigenvalue weighted by molar-refractivity contribution is 4.78. The van der Waals surface area contributed by atoms with Crippen molar-refractivity contribution in [2.24, 2.45) is 11.3 Å². The molecule has 1 fully saturated rings. The molecule has 0 N–H and O–H groups in total. The normalized spacial score (nSPS) is 26.5. The van der Waals surface area contributed by atoms with Gasteiger partial charge in [0, 0.05) is 19.0 Å². The van der Waals surface area contributed by atoms with Gasteiger partial charge in [-0.3, -0.25) is 4.39 Å². The smallest absolute Gasteiger partial charge is 0.0935 e. The van der Waals surface area contributed by atoms with Crippen molar-refractivity contribution in [3.63, 3.8) is 0 Å². The molecule has 0 aromatic heterocycles. The Morgan fingerprint density at radius 2 is 2.08 bits per heavy atom. The van der Waals surface area contributed by atoms with Gasteiger partial charge in [0.15, 0.2) is 0 Å². The molecule has 72 valence electrons. The van der Waals surface area contributed by atoms with Crippen LogP contribution in [0.2, 0.25) is 0 Å². The maximum Gasteiger partial charge on any atom is 0.0935 e. The maximum atomic E-state index is 12.3. The number of likely N-dealkylation sites (tertiary alicyclic amines) is 1. The van der Waals surface area contributed by atoms with Crippen molar-refractivity contribution in [3.8, 4) is 0 Å². The predicted octanol–water partition coefficient (Wildman–Crippen LogP) is 2.32. The van der Waals surface area contributed by atoms with E-state index in [4.69, 9.17) is 0 Å². The third kappa shape index (κ3) is 3.10. The standard InChI is InChI=1S/C10H20FN/c1-10(2,3)8-12-5-4-9(6-11)7-12/h9H,4-8H2,1-3H3. The molecule has 2 heteroatoms. The molecule has 0 amide bonds. The molecule has 0 aromatic rings. The first-order chi connectivity index (χ1) is 5.51. The first-order valence-electron chi connectivity index (χ1n) is 4.79. The maximum absolute atomic E-state index is 12.3. The van der Waals surface area contributed by atoms with Crippen LogP contribution in [0.4, 0.5) is 4.39 Å². The molecule has 1 unspecified atom stereocenters. The minimum atomic E-state index is -0.138. The number of nitrogens with zero attached hydrogens (tertiary/aromatic N) is 1. The van der Waals surface area contributed by atoms with E-state index >= 15 is 0 Å². The molecule has 0 radical (unpaired) electrons. The number of hydrogen-bond donors (Lipinski definition) is 0. The van der Waals surface area contributed by atoms with Gasteiger partial charge in [-0.1, -0.05) is 20.8 Å². The van der Waals surface area contributed by atoms with E-state index in [1.54, 1.807) is 0 Å². The second-order valence-electron chi connectivity index (χ2n) is 5.10. The highest BCUT2D eigenvalue weighted by atomic mass is 19.1. The van der Waals surface area contributed by atoms with Crippen molar-refractivity contribution in [2.75, 3.05) is 26.3 Å². The van der Waals surface area contributed by atoms with E-state index in [1.807, 2.05) is 0 Å². The molecule has 1 aliphatic rings. The highest BCUT2D eigenvalue weighted by Gasteiger charge is 2.25. The van der Waals surface area contributed by atoms with Crippen LogP contribution in [0.3, 0.4) is 0 Å². The van der Waals surface area contributed by atoms with Gasteiger partial charge in [-0.25, -0.2) is 0 Å². The van der Waals surface area contributed by atoms with Crippen molar-refractivity contribution in [3.05, 3.63) is 0 Å². The van der Waals surface area contributed by atoms with Crippen LogP contribution >= 0.6 is 0 Å². The lowest BCUT2D eigenvalue weighted by atomic mass is 9.96. The van der Waals surface area contributed by atoms with Crippen molar-refractivity contribution >= 4 is 0 Å². The minimum Gasteiger partial charge on any atom is -0.302 e. The van der Waals surface area contributed by atoms with Crippen molar-refractivity contribution in [1.29, 1.82) is 0 Å². The van der Waals surface area contributed by atoms with Crippen LogP contribution in [0.1, 0.15) is 27.2 Å². The largest absolute Gasteiger partial charge is 0.302 e. The van der Waals surface area contributed by atoms with Gasteiger partial charge in [0.25, 0.3) is 0 Å². The molecule has 12 heavy (non-hydrogen) atoms. The van der Waals surface area contributed by atoms with Gasteiger partial charge >= 0.3 is 0 Å². The molecule has 0 aromatic carbocycles. The summed E-state index contributed by atoms with van der Waals surface area (Å²) < 4.78 is 12.3. The van der Waals surface area contributed by atoms with Gasteiger partial charge < -0.3 is 4.90 Å². The Kier molecular flexibility index (Phi) is 3.10.